The number of aryl methyl sites for hydroxylation is 1. The first-order valence-corrected chi connectivity index (χ1v) is 13.5. The summed E-state index contributed by atoms with van der Waals surface area (Å²) in [4.78, 5) is 17.0. The van der Waals surface area contributed by atoms with Crippen LogP contribution >= 0.6 is 0 Å². The molecule has 168 valence electrons. The van der Waals surface area contributed by atoms with Gasteiger partial charge in [-0.15, -0.1) is 13.2 Å². The lowest BCUT2D eigenvalue weighted by molar-refractivity contribution is -0.118. The molecule has 2 heterocycles. The van der Waals surface area contributed by atoms with Gasteiger partial charge in [0.05, 0.1) is 35.3 Å². The molecular weight excluding hydrogens is 404 g/mol. The van der Waals surface area contributed by atoms with Crippen LogP contribution < -0.4 is 5.32 Å². The first kappa shape index (κ1) is 24.8. The van der Waals surface area contributed by atoms with E-state index in [1.54, 1.807) is 30.1 Å². The van der Waals surface area contributed by atoms with Crippen molar-refractivity contribution in [2.24, 2.45) is 13.0 Å². The van der Waals surface area contributed by atoms with Gasteiger partial charge in [-0.25, -0.2) is 0 Å². The number of nitrogens with zero attached hydrogens (tertiary/aromatic N) is 3. The van der Waals surface area contributed by atoms with Crippen molar-refractivity contribution in [3.63, 3.8) is 0 Å². The number of aromatic nitrogens is 3. The van der Waals surface area contributed by atoms with E-state index < -0.39 is 8.32 Å². The van der Waals surface area contributed by atoms with E-state index in [9.17, 15) is 4.79 Å². The van der Waals surface area contributed by atoms with Gasteiger partial charge in [-0.1, -0.05) is 39.8 Å². The van der Waals surface area contributed by atoms with Gasteiger partial charge in [-0.05, 0) is 36.7 Å². The molecule has 1 unspecified atom stereocenters. The Morgan fingerprint density at radius 1 is 1.35 bits per heavy atom. The van der Waals surface area contributed by atoms with Crippen molar-refractivity contribution < 1.29 is 9.22 Å². The van der Waals surface area contributed by atoms with Gasteiger partial charge in [-0.3, -0.25) is 14.5 Å². The molecule has 0 aliphatic heterocycles. The van der Waals surface area contributed by atoms with Crippen LogP contribution in [0.1, 0.15) is 45.9 Å². The SMILES string of the molecule is C=CCC(O[Si](C)(C)C(C)(C)C)c1cc(-c2c(NC(=O)[C@H](C)C=C)cnn2C)ccn1. The first-order chi connectivity index (χ1) is 14.4. The number of amides is 1. The molecule has 0 bridgehead atoms. The molecule has 1 amide bonds. The van der Waals surface area contributed by atoms with Gasteiger partial charge in [0.1, 0.15) is 0 Å². The quantitative estimate of drug-likeness (QED) is 0.390. The third-order valence-electron chi connectivity index (χ3n) is 5.97. The number of carbonyl (C=O) groups is 1. The maximum Gasteiger partial charge on any atom is 0.231 e. The van der Waals surface area contributed by atoms with E-state index in [1.165, 1.54) is 0 Å². The van der Waals surface area contributed by atoms with Crippen molar-refractivity contribution in [2.75, 3.05) is 5.32 Å². The molecule has 31 heavy (non-hydrogen) atoms. The van der Waals surface area contributed by atoms with Crippen molar-refractivity contribution in [3.05, 3.63) is 55.5 Å². The van der Waals surface area contributed by atoms with E-state index in [-0.39, 0.29) is 23.0 Å². The zero-order valence-electron chi connectivity index (χ0n) is 19.9. The molecule has 2 rings (SSSR count). The van der Waals surface area contributed by atoms with Gasteiger partial charge >= 0.3 is 0 Å². The van der Waals surface area contributed by atoms with Crippen molar-refractivity contribution in [1.29, 1.82) is 0 Å². The molecule has 0 saturated carbocycles. The standard InChI is InChI=1S/C24H36N4O2Si/c1-10-12-21(30-31(8,9)24(4,5)6)19-15-18(13-14-25-19)22-20(16-26-28(22)7)27-23(29)17(3)11-2/h10-11,13-17,21H,1-2,12H2,3-9H3,(H,27,29)/t17-,21?/m1/s1. The Kier molecular flexibility index (Phi) is 7.78. The maximum absolute atomic E-state index is 12.4. The lowest BCUT2D eigenvalue weighted by Gasteiger charge is -2.39. The maximum atomic E-state index is 12.4. The highest BCUT2D eigenvalue weighted by atomic mass is 28.4. The van der Waals surface area contributed by atoms with Crippen LogP contribution in [0.3, 0.4) is 0 Å². The summed E-state index contributed by atoms with van der Waals surface area (Å²) in [6, 6.07) is 3.94. The zero-order chi connectivity index (χ0) is 23.4. The van der Waals surface area contributed by atoms with Gasteiger partial charge < -0.3 is 9.74 Å². The Balaban J connectivity index is 2.43. The summed E-state index contributed by atoms with van der Waals surface area (Å²) in [6.07, 6.45) is 7.43. The Labute approximate surface area is 187 Å². The zero-order valence-corrected chi connectivity index (χ0v) is 20.9. The van der Waals surface area contributed by atoms with Gasteiger partial charge in [0, 0.05) is 18.8 Å². The predicted octanol–water partition coefficient (Wildman–Crippen LogP) is 5.88. The molecule has 0 radical (unpaired) electrons. The van der Waals surface area contributed by atoms with Crippen molar-refractivity contribution >= 4 is 19.9 Å². The van der Waals surface area contributed by atoms with E-state index in [0.717, 1.165) is 17.0 Å². The summed E-state index contributed by atoms with van der Waals surface area (Å²) >= 11 is 0. The molecule has 1 N–H and O–H groups in total. The number of nitrogens with one attached hydrogen (secondary N) is 1. The van der Waals surface area contributed by atoms with E-state index in [2.05, 4.69) is 62.4 Å². The van der Waals surface area contributed by atoms with Crippen LogP contribution in [0.25, 0.3) is 11.3 Å². The summed E-state index contributed by atoms with van der Waals surface area (Å²) in [5.41, 5.74) is 3.24. The monoisotopic (exact) mass is 440 g/mol. The minimum Gasteiger partial charge on any atom is -0.408 e. The van der Waals surface area contributed by atoms with Crippen LogP contribution in [0, 0.1) is 5.92 Å². The number of hydrogen-bond donors (Lipinski definition) is 1. The minimum atomic E-state index is -2.00. The molecule has 0 saturated heterocycles. The van der Waals surface area contributed by atoms with Gasteiger partial charge in [0.15, 0.2) is 8.32 Å². The smallest absolute Gasteiger partial charge is 0.231 e. The van der Waals surface area contributed by atoms with Crippen LogP contribution in [0.15, 0.2) is 49.8 Å². The molecule has 2 atom stereocenters. The third-order valence-corrected chi connectivity index (χ3v) is 10.5. The highest BCUT2D eigenvalue weighted by Crippen LogP contribution is 2.41. The Bertz CT molecular complexity index is 943. The number of pyridine rings is 1. The Hall–Kier alpha value is -2.51. The van der Waals surface area contributed by atoms with Crippen LogP contribution in [-0.4, -0.2) is 29.0 Å². The molecule has 0 fully saturated rings. The average Bonchev–Trinajstić information content (AvgIpc) is 3.06. The first-order valence-electron chi connectivity index (χ1n) is 10.6. The minimum absolute atomic E-state index is 0.0887. The lowest BCUT2D eigenvalue weighted by Crippen LogP contribution is -2.41. The summed E-state index contributed by atoms with van der Waals surface area (Å²) in [6.45, 7) is 20.6. The summed E-state index contributed by atoms with van der Waals surface area (Å²) in [5.74, 6) is -0.416. The molecule has 6 nitrogen and oxygen atoms in total. The van der Waals surface area contributed by atoms with E-state index in [4.69, 9.17) is 4.43 Å². The fraction of sp³-hybridized carbons (Fsp3) is 0.458. The van der Waals surface area contributed by atoms with Crippen LogP contribution in [0.2, 0.25) is 18.1 Å². The van der Waals surface area contributed by atoms with E-state index >= 15 is 0 Å². The van der Waals surface area contributed by atoms with Crippen molar-refractivity contribution in [3.8, 4) is 11.3 Å². The highest BCUT2D eigenvalue weighted by Gasteiger charge is 2.39. The molecule has 0 spiro atoms. The molecule has 2 aromatic heterocycles. The largest absolute Gasteiger partial charge is 0.408 e. The van der Waals surface area contributed by atoms with Crippen LogP contribution in [-0.2, 0) is 16.3 Å². The van der Waals surface area contributed by atoms with Crippen molar-refractivity contribution in [2.45, 2.75) is 58.4 Å². The van der Waals surface area contributed by atoms with Crippen LogP contribution in [0.5, 0.6) is 0 Å². The topological polar surface area (TPSA) is 69.0 Å². The Morgan fingerprint density at radius 3 is 2.61 bits per heavy atom. The fourth-order valence-electron chi connectivity index (χ4n) is 2.91. The number of rotatable bonds is 9. The van der Waals surface area contributed by atoms with Crippen molar-refractivity contribution in [1.82, 2.24) is 14.8 Å². The second kappa shape index (κ2) is 9.74. The van der Waals surface area contributed by atoms with E-state index in [1.807, 2.05) is 25.3 Å². The van der Waals surface area contributed by atoms with Gasteiger partial charge in [0.2, 0.25) is 5.91 Å². The number of carbonyl (C=O) groups excluding carboxylic acids is 1. The molecule has 2 aromatic rings. The second-order valence-corrected chi connectivity index (χ2v) is 14.2. The fourth-order valence-corrected chi connectivity index (χ4v) is 4.19. The molecule has 0 aromatic carbocycles. The third kappa shape index (κ3) is 5.80. The molecular formula is C24H36N4O2Si. The molecule has 0 aliphatic carbocycles. The Morgan fingerprint density at radius 2 is 2.03 bits per heavy atom. The second-order valence-electron chi connectivity index (χ2n) is 9.40. The predicted molar refractivity (Wildman–Crippen MR) is 130 cm³/mol. The lowest BCUT2D eigenvalue weighted by atomic mass is 10.1. The normalized spacial score (nSPS) is 14.0. The summed E-state index contributed by atoms with van der Waals surface area (Å²) in [5, 5.41) is 7.40. The summed E-state index contributed by atoms with van der Waals surface area (Å²) in [7, 11) is -0.147. The average molecular weight is 441 g/mol. The number of hydrogen-bond acceptors (Lipinski definition) is 4. The van der Waals surface area contributed by atoms with E-state index in [0.29, 0.717) is 12.1 Å². The van der Waals surface area contributed by atoms with Gasteiger partial charge in [-0.2, -0.15) is 5.10 Å². The number of anilines is 1. The van der Waals surface area contributed by atoms with Gasteiger partial charge in [0.25, 0.3) is 0 Å². The van der Waals surface area contributed by atoms with Crippen LogP contribution in [0.4, 0.5) is 5.69 Å². The molecule has 0 aliphatic rings. The highest BCUT2D eigenvalue weighted by molar-refractivity contribution is 6.74. The molecule has 7 heteroatoms. The summed E-state index contributed by atoms with van der Waals surface area (Å²) < 4.78 is 8.43.